The number of aromatic nitrogens is 2. The molecule has 1 fully saturated rings. The highest BCUT2D eigenvalue weighted by molar-refractivity contribution is 5.69. The average Bonchev–Trinajstić information content (AvgIpc) is 2.67. The zero-order valence-electron chi connectivity index (χ0n) is 8.43. The molecule has 1 aliphatic heterocycles. The molecule has 5 nitrogen and oxygen atoms in total. The lowest BCUT2D eigenvalue weighted by Crippen LogP contribution is -2.21. The first-order valence-electron chi connectivity index (χ1n) is 5.08. The summed E-state index contributed by atoms with van der Waals surface area (Å²) in [5.74, 6) is -0.825. The van der Waals surface area contributed by atoms with Crippen LogP contribution in [-0.4, -0.2) is 34.1 Å². The van der Waals surface area contributed by atoms with E-state index >= 15 is 0 Å². The first-order chi connectivity index (χ1) is 7.25. The molecule has 1 N–H and O–H groups in total. The Kier molecular flexibility index (Phi) is 3.01. The van der Waals surface area contributed by atoms with Gasteiger partial charge in [-0.2, -0.15) is 5.10 Å². The fraction of sp³-hybridized carbons (Fsp3) is 0.600. The molecule has 0 bridgehead atoms. The van der Waals surface area contributed by atoms with Gasteiger partial charge in [0.25, 0.3) is 0 Å². The Morgan fingerprint density at radius 2 is 2.60 bits per heavy atom. The molecule has 1 aromatic heterocycles. The lowest BCUT2D eigenvalue weighted by Gasteiger charge is -2.22. The van der Waals surface area contributed by atoms with Gasteiger partial charge < -0.3 is 9.84 Å². The largest absolute Gasteiger partial charge is 0.481 e. The van der Waals surface area contributed by atoms with Gasteiger partial charge in [-0.05, 0) is 12.8 Å². The van der Waals surface area contributed by atoms with Crippen LogP contribution < -0.4 is 0 Å². The molecule has 2 rings (SSSR count). The Morgan fingerprint density at radius 3 is 3.27 bits per heavy atom. The third-order valence-corrected chi connectivity index (χ3v) is 2.52. The van der Waals surface area contributed by atoms with Gasteiger partial charge in [0.15, 0.2) is 0 Å². The van der Waals surface area contributed by atoms with E-state index in [-0.39, 0.29) is 12.5 Å². The van der Waals surface area contributed by atoms with Gasteiger partial charge in [0, 0.05) is 18.4 Å². The molecular formula is C10H14N2O3. The van der Waals surface area contributed by atoms with E-state index in [9.17, 15) is 4.79 Å². The van der Waals surface area contributed by atoms with Crippen molar-refractivity contribution < 1.29 is 14.6 Å². The summed E-state index contributed by atoms with van der Waals surface area (Å²) in [7, 11) is 0. The van der Waals surface area contributed by atoms with Crippen molar-refractivity contribution in [3.8, 4) is 0 Å². The van der Waals surface area contributed by atoms with Crippen molar-refractivity contribution in [2.75, 3.05) is 13.2 Å². The first kappa shape index (κ1) is 10.2. The lowest BCUT2D eigenvalue weighted by molar-refractivity contribution is -0.136. The minimum Gasteiger partial charge on any atom is -0.481 e. The maximum atomic E-state index is 10.5. The van der Waals surface area contributed by atoms with Crippen LogP contribution in [0.15, 0.2) is 12.4 Å². The number of nitrogens with zero attached hydrogens (tertiary/aromatic N) is 2. The molecule has 0 radical (unpaired) electrons. The van der Waals surface area contributed by atoms with Gasteiger partial charge in [-0.25, -0.2) is 0 Å². The molecule has 1 atom stereocenters. The Bertz CT molecular complexity index is 342. The van der Waals surface area contributed by atoms with Gasteiger partial charge in [0.05, 0.1) is 25.3 Å². The van der Waals surface area contributed by atoms with E-state index in [1.807, 2.05) is 4.68 Å². The monoisotopic (exact) mass is 210 g/mol. The number of carboxylic acids is 1. The summed E-state index contributed by atoms with van der Waals surface area (Å²) in [4.78, 5) is 10.5. The Hall–Kier alpha value is -1.36. The molecule has 1 aliphatic rings. The second kappa shape index (κ2) is 4.44. The van der Waals surface area contributed by atoms with Crippen molar-refractivity contribution >= 4 is 5.97 Å². The SMILES string of the molecule is O=C(O)Cc1cnn(C2CCCOC2)c1. The smallest absolute Gasteiger partial charge is 0.307 e. The molecule has 82 valence electrons. The predicted molar refractivity (Wildman–Crippen MR) is 52.7 cm³/mol. The zero-order chi connectivity index (χ0) is 10.7. The number of aliphatic carboxylic acids is 1. The Labute approximate surface area is 87.7 Å². The van der Waals surface area contributed by atoms with Gasteiger partial charge in [0.2, 0.25) is 0 Å². The van der Waals surface area contributed by atoms with Crippen LogP contribution >= 0.6 is 0 Å². The molecule has 0 amide bonds. The fourth-order valence-electron chi connectivity index (χ4n) is 1.78. The van der Waals surface area contributed by atoms with Gasteiger partial charge >= 0.3 is 5.97 Å². The quantitative estimate of drug-likeness (QED) is 0.803. The van der Waals surface area contributed by atoms with E-state index in [0.717, 1.165) is 25.0 Å². The summed E-state index contributed by atoms with van der Waals surface area (Å²) < 4.78 is 7.17. The number of carbonyl (C=O) groups is 1. The molecule has 0 aliphatic carbocycles. The molecule has 0 aromatic carbocycles. The molecule has 0 spiro atoms. The van der Waals surface area contributed by atoms with E-state index in [1.54, 1.807) is 12.4 Å². The number of hydrogen-bond donors (Lipinski definition) is 1. The number of rotatable bonds is 3. The number of carboxylic acid groups (broad SMARTS) is 1. The summed E-state index contributed by atoms with van der Waals surface area (Å²) in [6.07, 6.45) is 5.54. The van der Waals surface area contributed by atoms with Crippen LogP contribution in [0.2, 0.25) is 0 Å². The Balaban J connectivity index is 2.02. The van der Waals surface area contributed by atoms with Crippen molar-refractivity contribution in [3.05, 3.63) is 18.0 Å². The summed E-state index contributed by atoms with van der Waals surface area (Å²) in [5.41, 5.74) is 0.744. The first-order valence-corrected chi connectivity index (χ1v) is 5.08. The fourth-order valence-corrected chi connectivity index (χ4v) is 1.78. The summed E-state index contributed by atoms with van der Waals surface area (Å²) >= 11 is 0. The molecule has 1 aromatic rings. The van der Waals surface area contributed by atoms with Gasteiger partial charge in [0.1, 0.15) is 0 Å². The molecule has 15 heavy (non-hydrogen) atoms. The van der Waals surface area contributed by atoms with Crippen molar-refractivity contribution in [1.82, 2.24) is 9.78 Å². The van der Waals surface area contributed by atoms with Crippen molar-refractivity contribution in [1.29, 1.82) is 0 Å². The van der Waals surface area contributed by atoms with Crippen LogP contribution in [0, 0.1) is 0 Å². The summed E-state index contributed by atoms with van der Waals surface area (Å²) in [5, 5.41) is 12.8. The van der Waals surface area contributed by atoms with Gasteiger partial charge in [-0.3, -0.25) is 9.48 Å². The van der Waals surface area contributed by atoms with Gasteiger partial charge in [-0.15, -0.1) is 0 Å². The predicted octanol–water partition coefficient (Wildman–Crippen LogP) is 0.862. The molecule has 5 heteroatoms. The Morgan fingerprint density at radius 1 is 1.73 bits per heavy atom. The topological polar surface area (TPSA) is 64.3 Å². The number of ether oxygens (including phenoxy) is 1. The van der Waals surface area contributed by atoms with E-state index in [0.29, 0.717) is 6.61 Å². The second-order valence-corrected chi connectivity index (χ2v) is 3.77. The zero-order valence-corrected chi connectivity index (χ0v) is 8.43. The van der Waals surface area contributed by atoms with E-state index < -0.39 is 5.97 Å². The molecule has 1 unspecified atom stereocenters. The molecule has 1 saturated heterocycles. The number of hydrogen-bond acceptors (Lipinski definition) is 3. The van der Waals surface area contributed by atoms with Crippen LogP contribution in [0.3, 0.4) is 0 Å². The lowest BCUT2D eigenvalue weighted by atomic mass is 10.1. The standard InChI is InChI=1S/C10H14N2O3/c13-10(14)4-8-5-11-12(6-8)9-2-1-3-15-7-9/h5-6,9H,1-4,7H2,(H,13,14). The maximum Gasteiger partial charge on any atom is 0.307 e. The third kappa shape index (κ3) is 2.56. The highest BCUT2D eigenvalue weighted by Crippen LogP contribution is 2.18. The van der Waals surface area contributed by atoms with Crippen molar-refractivity contribution in [3.63, 3.8) is 0 Å². The minimum absolute atomic E-state index is 0.0353. The highest BCUT2D eigenvalue weighted by atomic mass is 16.5. The van der Waals surface area contributed by atoms with Crippen LogP contribution in [0.25, 0.3) is 0 Å². The molecule has 0 saturated carbocycles. The van der Waals surface area contributed by atoms with Crippen LogP contribution in [0.5, 0.6) is 0 Å². The van der Waals surface area contributed by atoms with E-state index in [2.05, 4.69) is 5.10 Å². The molecule has 2 heterocycles. The van der Waals surface area contributed by atoms with Crippen molar-refractivity contribution in [2.45, 2.75) is 25.3 Å². The second-order valence-electron chi connectivity index (χ2n) is 3.77. The maximum absolute atomic E-state index is 10.5. The average molecular weight is 210 g/mol. The van der Waals surface area contributed by atoms with Gasteiger partial charge in [-0.1, -0.05) is 0 Å². The molecular weight excluding hydrogens is 196 g/mol. The highest BCUT2D eigenvalue weighted by Gasteiger charge is 2.16. The van der Waals surface area contributed by atoms with Crippen LogP contribution in [0.4, 0.5) is 0 Å². The summed E-state index contributed by atoms with van der Waals surface area (Å²) in [6, 6.07) is 0.265. The third-order valence-electron chi connectivity index (χ3n) is 2.52. The minimum atomic E-state index is -0.825. The van der Waals surface area contributed by atoms with Crippen LogP contribution in [0.1, 0.15) is 24.4 Å². The summed E-state index contributed by atoms with van der Waals surface area (Å²) in [6.45, 7) is 1.49. The normalized spacial score (nSPS) is 21.5. The van der Waals surface area contributed by atoms with Crippen LogP contribution in [-0.2, 0) is 16.0 Å². The van der Waals surface area contributed by atoms with E-state index in [1.165, 1.54) is 0 Å². The van der Waals surface area contributed by atoms with Crippen molar-refractivity contribution in [2.24, 2.45) is 0 Å². The van der Waals surface area contributed by atoms with E-state index in [4.69, 9.17) is 9.84 Å².